The maximum atomic E-state index is 13.7. The Kier molecular flexibility index (Phi) is 8.54. The standard InChI is InChI=1S/C25H27Cl2N3O2S/c1-4-23(17(3)29-14-13-21(31)15-29)28-25(33)30(20-10-7-19(27)8-11-20)24(32)22-12-9-18(26)6-5-16(22)2/h4,6-12,21,31H,3,5,13-15H2,1-2H3,(H,28,33)/b23-4+. The van der Waals surface area contributed by atoms with E-state index in [4.69, 9.17) is 35.4 Å². The van der Waals surface area contributed by atoms with Crippen LogP contribution in [0.4, 0.5) is 5.69 Å². The first-order chi connectivity index (χ1) is 15.7. The van der Waals surface area contributed by atoms with Gasteiger partial charge in [-0.1, -0.05) is 47.5 Å². The first-order valence-corrected chi connectivity index (χ1v) is 11.8. The molecule has 0 radical (unpaired) electrons. The molecule has 1 aromatic rings. The van der Waals surface area contributed by atoms with E-state index in [0.29, 0.717) is 58.6 Å². The minimum atomic E-state index is -0.378. The number of benzene rings is 1. The smallest absolute Gasteiger partial charge is 0.264 e. The predicted octanol–water partition coefficient (Wildman–Crippen LogP) is 5.43. The lowest BCUT2D eigenvalue weighted by molar-refractivity contribution is -0.114. The molecule has 0 bridgehead atoms. The highest BCUT2D eigenvalue weighted by atomic mass is 35.5. The fourth-order valence-electron chi connectivity index (χ4n) is 3.66. The van der Waals surface area contributed by atoms with E-state index >= 15 is 0 Å². The Morgan fingerprint density at radius 2 is 2.00 bits per heavy atom. The monoisotopic (exact) mass is 503 g/mol. The van der Waals surface area contributed by atoms with Crippen molar-refractivity contribution in [2.75, 3.05) is 18.0 Å². The highest BCUT2D eigenvalue weighted by molar-refractivity contribution is 7.80. The molecule has 3 rings (SSSR count). The van der Waals surface area contributed by atoms with Gasteiger partial charge in [0.2, 0.25) is 0 Å². The maximum absolute atomic E-state index is 13.7. The van der Waals surface area contributed by atoms with Gasteiger partial charge in [0.15, 0.2) is 5.11 Å². The maximum Gasteiger partial charge on any atom is 0.264 e. The third-order valence-corrected chi connectivity index (χ3v) is 6.40. The zero-order valence-corrected chi connectivity index (χ0v) is 21.0. The molecule has 1 amide bonds. The number of amides is 1. The van der Waals surface area contributed by atoms with Crippen LogP contribution >= 0.6 is 35.4 Å². The minimum Gasteiger partial charge on any atom is -0.391 e. The number of hydrogen-bond donors (Lipinski definition) is 2. The molecule has 2 aliphatic rings. The molecule has 1 atom stereocenters. The van der Waals surface area contributed by atoms with Crippen molar-refractivity contribution in [2.45, 2.75) is 32.8 Å². The van der Waals surface area contributed by atoms with Crippen LogP contribution in [0.25, 0.3) is 0 Å². The molecular formula is C25H27Cl2N3O2S. The number of thiocarbonyl (C=S) groups is 1. The number of carbonyl (C=O) groups is 1. The molecule has 8 heteroatoms. The van der Waals surface area contributed by atoms with E-state index in [1.165, 1.54) is 4.90 Å². The normalized spacial score (nSPS) is 18.7. The second-order valence-corrected chi connectivity index (χ2v) is 9.16. The molecule has 33 heavy (non-hydrogen) atoms. The lowest BCUT2D eigenvalue weighted by Gasteiger charge is -2.28. The van der Waals surface area contributed by atoms with Crippen LogP contribution in [0, 0.1) is 0 Å². The van der Waals surface area contributed by atoms with Crippen LogP contribution in [0.5, 0.6) is 0 Å². The zero-order valence-electron chi connectivity index (χ0n) is 18.6. The summed E-state index contributed by atoms with van der Waals surface area (Å²) in [5, 5.41) is 14.4. The Bertz CT molecular complexity index is 1070. The van der Waals surface area contributed by atoms with Gasteiger partial charge in [-0.2, -0.15) is 0 Å². The number of anilines is 1. The molecule has 0 saturated carbocycles. The van der Waals surface area contributed by atoms with E-state index in [0.717, 1.165) is 5.57 Å². The number of allylic oxidation sites excluding steroid dienone is 5. The lowest BCUT2D eigenvalue weighted by atomic mass is 10.1. The SMILES string of the molecule is C=C(/C(=C\C)NC(=S)N(C(=O)C1=C(C)CC=C(Cl)C=C1)c1ccc(Cl)cc1)N1CCC(O)C1. The number of nitrogens with one attached hydrogen (secondary N) is 1. The number of β-amino-alcohol motifs (C(OH)–C–C–N with tert-alkyl or cyclic N) is 1. The minimum absolute atomic E-state index is 0.202. The molecule has 1 aliphatic heterocycles. The second-order valence-electron chi connectivity index (χ2n) is 7.91. The summed E-state index contributed by atoms with van der Waals surface area (Å²) in [7, 11) is 0. The van der Waals surface area contributed by atoms with E-state index in [-0.39, 0.29) is 17.1 Å². The van der Waals surface area contributed by atoms with Crippen molar-refractivity contribution in [3.63, 3.8) is 0 Å². The van der Waals surface area contributed by atoms with Gasteiger partial charge in [-0.15, -0.1) is 0 Å². The van der Waals surface area contributed by atoms with Crippen LogP contribution in [-0.4, -0.2) is 40.2 Å². The number of nitrogens with zero attached hydrogens (tertiary/aromatic N) is 2. The van der Waals surface area contributed by atoms with Gasteiger partial charge in [0.25, 0.3) is 5.91 Å². The summed E-state index contributed by atoms with van der Waals surface area (Å²) in [5.41, 5.74) is 3.37. The number of hydrogen-bond acceptors (Lipinski definition) is 4. The molecule has 1 unspecified atom stereocenters. The third kappa shape index (κ3) is 6.15. The van der Waals surface area contributed by atoms with E-state index < -0.39 is 0 Å². The molecule has 1 saturated heterocycles. The van der Waals surface area contributed by atoms with Gasteiger partial charge < -0.3 is 15.3 Å². The molecule has 1 fully saturated rings. The number of likely N-dealkylation sites (tertiary alicyclic amines) is 1. The van der Waals surface area contributed by atoms with Gasteiger partial charge in [-0.25, -0.2) is 0 Å². The lowest BCUT2D eigenvalue weighted by Crippen LogP contribution is -2.45. The van der Waals surface area contributed by atoms with E-state index in [9.17, 15) is 9.90 Å². The summed E-state index contributed by atoms with van der Waals surface area (Å²) in [5.74, 6) is -0.277. The molecule has 1 aromatic carbocycles. The Balaban J connectivity index is 1.92. The Labute approximate surface area is 210 Å². The quantitative estimate of drug-likeness (QED) is 0.414. The average molecular weight is 504 g/mol. The van der Waals surface area contributed by atoms with E-state index in [1.807, 2.05) is 30.9 Å². The van der Waals surface area contributed by atoms with Gasteiger partial charge in [0, 0.05) is 28.7 Å². The van der Waals surface area contributed by atoms with Gasteiger partial charge in [0.1, 0.15) is 0 Å². The van der Waals surface area contributed by atoms with Gasteiger partial charge in [0.05, 0.1) is 23.2 Å². The van der Waals surface area contributed by atoms with Crippen molar-refractivity contribution in [2.24, 2.45) is 0 Å². The molecule has 0 spiro atoms. The molecule has 174 valence electrons. The summed E-state index contributed by atoms with van der Waals surface area (Å²) < 4.78 is 0. The van der Waals surface area contributed by atoms with Crippen molar-refractivity contribution >= 4 is 52.1 Å². The van der Waals surface area contributed by atoms with Crippen LogP contribution in [0.2, 0.25) is 5.02 Å². The van der Waals surface area contributed by atoms with Crippen molar-refractivity contribution in [1.82, 2.24) is 10.2 Å². The van der Waals surface area contributed by atoms with Crippen LogP contribution in [-0.2, 0) is 4.79 Å². The predicted molar refractivity (Wildman–Crippen MR) is 140 cm³/mol. The molecule has 1 heterocycles. The van der Waals surface area contributed by atoms with E-state index in [2.05, 4.69) is 11.9 Å². The summed E-state index contributed by atoms with van der Waals surface area (Å²) >= 11 is 18.0. The first kappa shape index (κ1) is 25.2. The zero-order chi connectivity index (χ0) is 24.1. The number of aliphatic hydroxyl groups excluding tert-OH is 1. The molecular weight excluding hydrogens is 477 g/mol. The van der Waals surface area contributed by atoms with Gasteiger partial charge >= 0.3 is 0 Å². The number of carbonyl (C=O) groups excluding carboxylic acids is 1. The summed E-state index contributed by atoms with van der Waals surface area (Å²) in [6, 6.07) is 6.92. The van der Waals surface area contributed by atoms with Gasteiger partial charge in [-0.3, -0.25) is 9.69 Å². The number of aliphatic hydroxyl groups is 1. The molecule has 5 nitrogen and oxygen atoms in total. The fourth-order valence-corrected chi connectivity index (χ4v) is 4.23. The summed E-state index contributed by atoms with van der Waals surface area (Å²) in [6.07, 6.45) is 8.02. The van der Waals surface area contributed by atoms with E-state index in [1.54, 1.807) is 36.4 Å². The second kappa shape index (κ2) is 11.2. The molecule has 2 N–H and O–H groups in total. The van der Waals surface area contributed by atoms with Crippen LogP contribution in [0.3, 0.4) is 0 Å². The molecule has 1 aliphatic carbocycles. The molecule has 0 aromatic heterocycles. The van der Waals surface area contributed by atoms with Crippen molar-refractivity contribution in [3.8, 4) is 0 Å². The summed E-state index contributed by atoms with van der Waals surface area (Å²) in [4.78, 5) is 17.2. The third-order valence-electron chi connectivity index (χ3n) is 5.58. The highest BCUT2D eigenvalue weighted by Crippen LogP contribution is 2.26. The Hall–Kier alpha value is -2.38. The largest absolute Gasteiger partial charge is 0.391 e. The topological polar surface area (TPSA) is 55.8 Å². The fraction of sp³-hybridized carbons (Fsp3) is 0.280. The van der Waals surface area contributed by atoms with Gasteiger partial charge in [-0.05, 0) is 75.3 Å². The average Bonchev–Trinajstić information content (AvgIpc) is 3.15. The van der Waals surface area contributed by atoms with Crippen molar-refractivity contribution in [1.29, 1.82) is 0 Å². The number of rotatable bonds is 5. The number of halogens is 2. The Morgan fingerprint density at radius 3 is 2.61 bits per heavy atom. The van der Waals surface area contributed by atoms with Crippen LogP contribution in [0.15, 0.2) is 82.7 Å². The van der Waals surface area contributed by atoms with Crippen LogP contribution < -0.4 is 10.2 Å². The van der Waals surface area contributed by atoms with Crippen molar-refractivity contribution < 1.29 is 9.90 Å². The Morgan fingerprint density at radius 1 is 1.30 bits per heavy atom. The van der Waals surface area contributed by atoms with Crippen molar-refractivity contribution in [3.05, 3.63) is 87.7 Å². The summed E-state index contributed by atoms with van der Waals surface area (Å²) in [6.45, 7) is 9.15. The highest BCUT2D eigenvalue weighted by Gasteiger charge is 2.27. The first-order valence-electron chi connectivity index (χ1n) is 10.6. The van der Waals surface area contributed by atoms with Crippen LogP contribution in [0.1, 0.15) is 26.7 Å².